The number of ether oxygens (including phenoxy) is 2. The normalized spacial score (nSPS) is 20.6. The Morgan fingerprint density at radius 2 is 2.17 bits per heavy atom. The number of hydrogen-bond donors (Lipinski definition) is 0. The molecule has 0 N–H and O–H groups in total. The molecule has 0 amide bonds. The smallest absolute Gasteiger partial charge is 0.246 e. The van der Waals surface area contributed by atoms with Gasteiger partial charge in [-0.25, -0.2) is 8.42 Å². The molecule has 24 heavy (non-hydrogen) atoms. The van der Waals surface area contributed by atoms with Gasteiger partial charge in [-0.05, 0) is 30.2 Å². The molecule has 1 aromatic heterocycles. The molecule has 0 unspecified atom stereocenters. The van der Waals surface area contributed by atoms with Crippen molar-refractivity contribution in [2.24, 2.45) is 0 Å². The van der Waals surface area contributed by atoms with E-state index in [1.54, 1.807) is 30.6 Å². The molecule has 0 saturated carbocycles. The number of para-hydroxylation sites is 1. The van der Waals surface area contributed by atoms with Crippen LogP contribution in [0.15, 0.2) is 47.6 Å². The van der Waals surface area contributed by atoms with E-state index < -0.39 is 10.0 Å². The molecule has 6 nitrogen and oxygen atoms in total. The van der Waals surface area contributed by atoms with Crippen LogP contribution in [0.5, 0.6) is 11.5 Å². The van der Waals surface area contributed by atoms with Crippen LogP contribution >= 0.6 is 0 Å². The Bertz CT molecular complexity index is 839. The Hall–Kier alpha value is -2.12. The van der Waals surface area contributed by atoms with Gasteiger partial charge in [0.2, 0.25) is 10.0 Å². The number of fused-ring (bicyclic) bond motifs is 1. The molecule has 1 aromatic carbocycles. The summed E-state index contributed by atoms with van der Waals surface area (Å²) in [6.45, 7) is 1.31. The highest BCUT2D eigenvalue weighted by atomic mass is 32.2. The zero-order valence-electron chi connectivity index (χ0n) is 13.1. The number of sulfonamides is 1. The molecule has 3 heterocycles. The van der Waals surface area contributed by atoms with Gasteiger partial charge in [0.15, 0.2) is 0 Å². The van der Waals surface area contributed by atoms with E-state index in [1.165, 1.54) is 4.31 Å². The third-order valence-electron chi connectivity index (χ3n) is 4.34. The zero-order valence-corrected chi connectivity index (χ0v) is 13.9. The first kappa shape index (κ1) is 15.4. The molecule has 1 fully saturated rings. The number of benzene rings is 1. The second-order valence-corrected chi connectivity index (χ2v) is 7.83. The standard InChI is InChI=1S/C17H18N2O4S/c20-24(21,16-5-1-3-13-7-10-22-17(13)16)19-9-6-15(12-19)23-14-4-2-8-18-11-14/h1-5,8,11,15H,6-7,9-10,12H2/t15-/m1/s1. The quantitative estimate of drug-likeness (QED) is 0.845. The van der Waals surface area contributed by atoms with Crippen molar-refractivity contribution >= 4 is 10.0 Å². The van der Waals surface area contributed by atoms with Crippen molar-refractivity contribution in [2.45, 2.75) is 23.8 Å². The third kappa shape index (κ3) is 2.74. The van der Waals surface area contributed by atoms with Crippen molar-refractivity contribution in [3.8, 4) is 11.5 Å². The Labute approximate surface area is 141 Å². The van der Waals surface area contributed by atoms with Crippen LogP contribution in [0.4, 0.5) is 0 Å². The van der Waals surface area contributed by atoms with Gasteiger partial charge in [0.25, 0.3) is 0 Å². The molecular formula is C17H18N2O4S. The largest absolute Gasteiger partial charge is 0.492 e. The van der Waals surface area contributed by atoms with Gasteiger partial charge in [-0.15, -0.1) is 0 Å². The summed E-state index contributed by atoms with van der Waals surface area (Å²) < 4.78 is 38.8. The van der Waals surface area contributed by atoms with Gasteiger partial charge in [-0.3, -0.25) is 4.98 Å². The maximum absolute atomic E-state index is 13.0. The molecule has 7 heteroatoms. The number of hydrogen-bond acceptors (Lipinski definition) is 5. The van der Waals surface area contributed by atoms with Crippen molar-refractivity contribution < 1.29 is 17.9 Å². The van der Waals surface area contributed by atoms with Crippen LogP contribution in [0.2, 0.25) is 0 Å². The van der Waals surface area contributed by atoms with Crippen LogP contribution in [0.1, 0.15) is 12.0 Å². The molecular weight excluding hydrogens is 328 g/mol. The molecule has 1 saturated heterocycles. The average molecular weight is 346 g/mol. The third-order valence-corrected chi connectivity index (χ3v) is 6.23. The predicted octanol–water partition coefficient (Wildman–Crippen LogP) is 1.86. The Kier molecular flexibility index (Phi) is 3.90. The summed E-state index contributed by atoms with van der Waals surface area (Å²) in [7, 11) is -3.58. The van der Waals surface area contributed by atoms with Crippen LogP contribution in [-0.2, 0) is 16.4 Å². The summed E-state index contributed by atoms with van der Waals surface area (Å²) in [5.41, 5.74) is 0.957. The van der Waals surface area contributed by atoms with E-state index in [1.807, 2.05) is 12.1 Å². The topological polar surface area (TPSA) is 68.7 Å². The highest BCUT2D eigenvalue weighted by molar-refractivity contribution is 7.89. The molecule has 0 aliphatic carbocycles. The molecule has 2 aliphatic heterocycles. The maximum Gasteiger partial charge on any atom is 0.246 e. The van der Waals surface area contributed by atoms with Crippen LogP contribution in [0.3, 0.4) is 0 Å². The van der Waals surface area contributed by atoms with E-state index in [9.17, 15) is 8.42 Å². The Morgan fingerprint density at radius 1 is 1.25 bits per heavy atom. The van der Waals surface area contributed by atoms with Crippen molar-refractivity contribution in [3.05, 3.63) is 48.3 Å². The number of rotatable bonds is 4. The van der Waals surface area contributed by atoms with Gasteiger partial charge in [-0.2, -0.15) is 4.31 Å². The minimum Gasteiger partial charge on any atom is -0.492 e. The summed E-state index contributed by atoms with van der Waals surface area (Å²) in [4.78, 5) is 4.27. The number of nitrogens with zero attached hydrogens (tertiary/aromatic N) is 2. The second-order valence-electron chi connectivity index (χ2n) is 5.92. The lowest BCUT2D eigenvalue weighted by Gasteiger charge is -2.18. The van der Waals surface area contributed by atoms with E-state index in [0.717, 1.165) is 12.0 Å². The Balaban J connectivity index is 1.53. The highest BCUT2D eigenvalue weighted by Crippen LogP contribution is 2.35. The van der Waals surface area contributed by atoms with E-state index in [-0.39, 0.29) is 11.0 Å². The number of pyridine rings is 1. The first-order chi connectivity index (χ1) is 11.6. The fourth-order valence-electron chi connectivity index (χ4n) is 3.15. The van der Waals surface area contributed by atoms with Gasteiger partial charge in [-0.1, -0.05) is 12.1 Å². The number of aromatic nitrogens is 1. The van der Waals surface area contributed by atoms with Gasteiger partial charge in [0, 0.05) is 19.2 Å². The lowest BCUT2D eigenvalue weighted by atomic mass is 10.2. The van der Waals surface area contributed by atoms with Gasteiger partial charge in [0.05, 0.1) is 19.3 Å². The van der Waals surface area contributed by atoms with Gasteiger partial charge >= 0.3 is 0 Å². The second kappa shape index (κ2) is 6.07. The molecule has 126 valence electrons. The van der Waals surface area contributed by atoms with Crippen LogP contribution < -0.4 is 9.47 Å². The van der Waals surface area contributed by atoms with E-state index in [0.29, 0.717) is 37.6 Å². The molecule has 4 rings (SSSR count). The van der Waals surface area contributed by atoms with Crippen molar-refractivity contribution in [2.75, 3.05) is 19.7 Å². The fourth-order valence-corrected chi connectivity index (χ4v) is 4.81. The summed E-state index contributed by atoms with van der Waals surface area (Å²) in [5, 5.41) is 0. The molecule has 2 aliphatic rings. The van der Waals surface area contributed by atoms with Crippen molar-refractivity contribution in [1.82, 2.24) is 9.29 Å². The molecule has 0 radical (unpaired) electrons. The van der Waals surface area contributed by atoms with E-state index in [4.69, 9.17) is 9.47 Å². The monoisotopic (exact) mass is 346 g/mol. The average Bonchev–Trinajstić information content (AvgIpc) is 3.24. The minimum absolute atomic E-state index is 0.165. The highest BCUT2D eigenvalue weighted by Gasteiger charge is 2.36. The SMILES string of the molecule is O=S(=O)(c1cccc2c1OCC2)N1CC[C@@H](Oc2cccnc2)C1. The van der Waals surface area contributed by atoms with Gasteiger partial charge in [0.1, 0.15) is 22.5 Å². The summed E-state index contributed by atoms with van der Waals surface area (Å²) in [6.07, 6.45) is 4.56. The molecule has 2 aromatic rings. The summed E-state index contributed by atoms with van der Waals surface area (Å²) in [5.74, 6) is 1.17. The Morgan fingerprint density at radius 3 is 3.00 bits per heavy atom. The van der Waals surface area contributed by atoms with E-state index >= 15 is 0 Å². The van der Waals surface area contributed by atoms with Crippen LogP contribution in [0, 0.1) is 0 Å². The molecule has 1 atom stereocenters. The van der Waals surface area contributed by atoms with Crippen molar-refractivity contribution in [3.63, 3.8) is 0 Å². The summed E-state index contributed by atoms with van der Waals surface area (Å²) in [6, 6.07) is 8.93. The van der Waals surface area contributed by atoms with Gasteiger partial charge < -0.3 is 9.47 Å². The minimum atomic E-state index is -3.58. The first-order valence-corrected chi connectivity index (χ1v) is 9.40. The lowest BCUT2D eigenvalue weighted by Crippen LogP contribution is -2.31. The predicted molar refractivity (Wildman–Crippen MR) is 87.7 cm³/mol. The molecule has 0 spiro atoms. The van der Waals surface area contributed by atoms with E-state index in [2.05, 4.69) is 4.98 Å². The summed E-state index contributed by atoms with van der Waals surface area (Å²) >= 11 is 0. The van der Waals surface area contributed by atoms with Crippen LogP contribution in [0.25, 0.3) is 0 Å². The van der Waals surface area contributed by atoms with Crippen LogP contribution in [-0.4, -0.2) is 43.5 Å². The first-order valence-electron chi connectivity index (χ1n) is 7.96. The molecule has 0 bridgehead atoms. The lowest BCUT2D eigenvalue weighted by molar-refractivity contribution is 0.214. The maximum atomic E-state index is 13.0. The fraction of sp³-hybridized carbons (Fsp3) is 0.353. The van der Waals surface area contributed by atoms with Crippen molar-refractivity contribution in [1.29, 1.82) is 0 Å². The zero-order chi connectivity index (χ0) is 16.6.